The summed E-state index contributed by atoms with van der Waals surface area (Å²) in [5, 5.41) is 21.6. The molecule has 1 unspecified atom stereocenters. The Kier molecular flexibility index (Phi) is 10.3. The number of benzene rings is 1. The van der Waals surface area contributed by atoms with Gasteiger partial charge in [-0.3, -0.25) is 4.79 Å². The van der Waals surface area contributed by atoms with E-state index in [2.05, 4.69) is 5.32 Å². The summed E-state index contributed by atoms with van der Waals surface area (Å²) >= 11 is 0. The average molecular weight is 439 g/mol. The Morgan fingerprint density at radius 1 is 0.935 bits per heavy atom. The van der Waals surface area contributed by atoms with Crippen LogP contribution in [0.4, 0.5) is 11.4 Å². The number of nitrogens with one attached hydrogen (secondary N) is 1. The Labute approximate surface area is 185 Å². The van der Waals surface area contributed by atoms with Crippen LogP contribution in [0.2, 0.25) is 0 Å². The van der Waals surface area contributed by atoms with Gasteiger partial charge in [-0.25, -0.2) is 4.79 Å². The van der Waals surface area contributed by atoms with Crippen molar-refractivity contribution in [1.82, 2.24) is 0 Å². The monoisotopic (exact) mass is 438 g/mol. The first-order valence-electron chi connectivity index (χ1n) is 10.6. The zero-order valence-electron chi connectivity index (χ0n) is 19.6. The third kappa shape index (κ3) is 11.0. The van der Waals surface area contributed by atoms with Gasteiger partial charge in [-0.15, -0.1) is 0 Å². The molecule has 0 aliphatic heterocycles. The zero-order valence-corrected chi connectivity index (χ0v) is 19.6. The molecular weight excluding hydrogens is 400 g/mol. The number of hydrogen-bond acceptors (Lipinski definition) is 8. The van der Waals surface area contributed by atoms with Gasteiger partial charge < -0.3 is 29.9 Å². The summed E-state index contributed by atoms with van der Waals surface area (Å²) in [6.07, 6.45) is 0.305. The highest BCUT2D eigenvalue weighted by molar-refractivity contribution is 5.81. The van der Waals surface area contributed by atoms with E-state index in [9.17, 15) is 19.8 Å². The molecule has 176 valence electrons. The van der Waals surface area contributed by atoms with Gasteiger partial charge in [0.05, 0.1) is 13.2 Å². The number of anilines is 2. The molecular formula is C23H38N2O6. The van der Waals surface area contributed by atoms with Crippen LogP contribution in [0.3, 0.4) is 0 Å². The van der Waals surface area contributed by atoms with Crippen LogP contribution >= 0.6 is 0 Å². The number of esters is 2. The van der Waals surface area contributed by atoms with Crippen LogP contribution < -0.4 is 10.2 Å². The minimum absolute atomic E-state index is 0.0224. The van der Waals surface area contributed by atoms with Gasteiger partial charge in [0.15, 0.2) is 0 Å². The zero-order chi connectivity index (χ0) is 23.7. The molecule has 0 bridgehead atoms. The van der Waals surface area contributed by atoms with Crippen LogP contribution in [0.1, 0.15) is 54.4 Å². The molecule has 0 amide bonds. The lowest BCUT2D eigenvalue weighted by molar-refractivity contribution is -0.157. The summed E-state index contributed by atoms with van der Waals surface area (Å²) in [4.78, 5) is 26.7. The Morgan fingerprint density at radius 3 is 1.90 bits per heavy atom. The summed E-state index contributed by atoms with van der Waals surface area (Å²) in [6, 6.07) is 6.58. The highest BCUT2D eigenvalue weighted by Crippen LogP contribution is 2.21. The van der Waals surface area contributed by atoms with Gasteiger partial charge in [0.2, 0.25) is 0 Å². The molecule has 0 aliphatic carbocycles. The van der Waals surface area contributed by atoms with Crippen LogP contribution in [0.15, 0.2) is 24.3 Å². The Bertz CT molecular complexity index is 686. The topological polar surface area (TPSA) is 108 Å². The molecule has 8 nitrogen and oxygen atoms in total. The molecule has 31 heavy (non-hydrogen) atoms. The molecule has 0 heterocycles. The van der Waals surface area contributed by atoms with E-state index in [0.29, 0.717) is 18.8 Å². The second kappa shape index (κ2) is 11.9. The van der Waals surface area contributed by atoms with Crippen molar-refractivity contribution < 1.29 is 29.3 Å². The quantitative estimate of drug-likeness (QED) is 0.453. The molecule has 3 N–H and O–H groups in total. The summed E-state index contributed by atoms with van der Waals surface area (Å²) < 4.78 is 10.9. The van der Waals surface area contributed by atoms with Crippen LogP contribution in [-0.4, -0.2) is 65.7 Å². The van der Waals surface area contributed by atoms with Crippen molar-refractivity contribution >= 4 is 23.3 Å². The molecule has 1 aromatic rings. The third-order valence-corrected chi connectivity index (χ3v) is 4.06. The number of aliphatic hydroxyl groups is 2. The van der Waals surface area contributed by atoms with Gasteiger partial charge in [-0.1, -0.05) is 0 Å². The Hall–Kier alpha value is -2.32. The highest BCUT2D eigenvalue weighted by Gasteiger charge is 2.27. The van der Waals surface area contributed by atoms with Crippen molar-refractivity contribution in [2.45, 2.75) is 71.6 Å². The van der Waals surface area contributed by atoms with Crippen LogP contribution in [-0.2, 0) is 19.1 Å². The summed E-state index contributed by atoms with van der Waals surface area (Å²) in [5.74, 6) is -0.816. The Balaban J connectivity index is 2.90. The number of aliphatic hydroxyl groups excluding tert-OH is 2. The second-order valence-corrected chi connectivity index (χ2v) is 9.34. The normalized spacial score (nSPS) is 12.8. The molecule has 0 fully saturated rings. The smallest absolute Gasteiger partial charge is 0.329 e. The lowest BCUT2D eigenvalue weighted by atomic mass is 10.1. The van der Waals surface area contributed by atoms with E-state index < -0.39 is 23.2 Å². The lowest BCUT2D eigenvalue weighted by Crippen LogP contribution is -2.37. The summed E-state index contributed by atoms with van der Waals surface area (Å²) in [5.41, 5.74) is 0.298. The van der Waals surface area contributed by atoms with Crippen molar-refractivity contribution in [3.8, 4) is 0 Å². The van der Waals surface area contributed by atoms with Gasteiger partial charge in [0.1, 0.15) is 17.2 Å². The van der Waals surface area contributed by atoms with E-state index in [1.165, 1.54) is 0 Å². The number of carbonyl (C=O) groups excluding carboxylic acids is 2. The van der Waals surface area contributed by atoms with Crippen LogP contribution in [0.25, 0.3) is 0 Å². The fraction of sp³-hybridized carbons (Fsp3) is 0.652. The number of rotatable bonds is 11. The number of ether oxygens (including phenoxy) is 2. The molecule has 1 aromatic carbocycles. The third-order valence-electron chi connectivity index (χ3n) is 4.06. The van der Waals surface area contributed by atoms with Crippen molar-refractivity contribution in [1.29, 1.82) is 0 Å². The maximum absolute atomic E-state index is 12.7. The highest BCUT2D eigenvalue weighted by atomic mass is 16.6. The van der Waals surface area contributed by atoms with Gasteiger partial charge in [0.25, 0.3) is 0 Å². The van der Waals surface area contributed by atoms with E-state index in [-0.39, 0.29) is 32.0 Å². The summed E-state index contributed by atoms with van der Waals surface area (Å²) in [7, 11) is 0. The maximum Gasteiger partial charge on any atom is 0.329 e. The first-order valence-corrected chi connectivity index (χ1v) is 10.6. The fourth-order valence-corrected chi connectivity index (χ4v) is 2.86. The minimum atomic E-state index is -0.719. The SMILES string of the molecule is CC(C)(C)OC(=O)CCC(Nc1ccc(N(CCO)CCO)cc1)C(=O)OC(C)(C)C. The number of carbonyl (C=O) groups is 2. The predicted octanol–water partition coefficient (Wildman–Crippen LogP) is 2.72. The molecule has 1 atom stereocenters. The van der Waals surface area contributed by atoms with E-state index >= 15 is 0 Å². The van der Waals surface area contributed by atoms with Crippen molar-refractivity contribution in [3.63, 3.8) is 0 Å². The van der Waals surface area contributed by atoms with E-state index in [4.69, 9.17) is 9.47 Å². The molecule has 0 radical (unpaired) electrons. The van der Waals surface area contributed by atoms with Crippen LogP contribution in [0, 0.1) is 0 Å². The van der Waals surface area contributed by atoms with E-state index in [0.717, 1.165) is 5.69 Å². The van der Waals surface area contributed by atoms with E-state index in [1.54, 1.807) is 41.5 Å². The van der Waals surface area contributed by atoms with Crippen LogP contribution in [0.5, 0.6) is 0 Å². The molecule has 0 aliphatic rings. The van der Waals surface area contributed by atoms with E-state index in [1.807, 2.05) is 29.2 Å². The molecule has 0 saturated carbocycles. The van der Waals surface area contributed by atoms with Crippen molar-refractivity contribution in [3.05, 3.63) is 24.3 Å². The molecule has 0 aromatic heterocycles. The molecule has 1 rings (SSSR count). The van der Waals surface area contributed by atoms with Gasteiger partial charge in [-0.2, -0.15) is 0 Å². The predicted molar refractivity (Wildman–Crippen MR) is 121 cm³/mol. The van der Waals surface area contributed by atoms with Gasteiger partial charge >= 0.3 is 11.9 Å². The lowest BCUT2D eigenvalue weighted by Gasteiger charge is -2.26. The van der Waals surface area contributed by atoms with Gasteiger partial charge in [-0.05, 0) is 72.2 Å². The average Bonchev–Trinajstić information content (AvgIpc) is 2.62. The Morgan fingerprint density at radius 2 is 1.45 bits per heavy atom. The first-order chi connectivity index (χ1) is 14.3. The number of nitrogens with zero attached hydrogens (tertiary/aromatic N) is 1. The second-order valence-electron chi connectivity index (χ2n) is 9.34. The molecule has 0 spiro atoms. The fourth-order valence-electron chi connectivity index (χ4n) is 2.86. The van der Waals surface area contributed by atoms with Crippen molar-refractivity contribution in [2.75, 3.05) is 36.5 Å². The molecule has 0 saturated heterocycles. The van der Waals surface area contributed by atoms with Gasteiger partial charge in [0, 0.05) is 30.9 Å². The number of hydrogen-bond donors (Lipinski definition) is 3. The molecule has 8 heteroatoms. The largest absolute Gasteiger partial charge is 0.460 e. The standard InChI is InChI=1S/C23H38N2O6/c1-22(2,3)30-20(28)12-11-19(21(29)31-23(4,5)6)24-17-7-9-18(10-8-17)25(13-15-26)14-16-27/h7-10,19,24,26-27H,11-16H2,1-6H3. The first kappa shape index (κ1) is 26.7. The maximum atomic E-state index is 12.7. The summed E-state index contributed by atoms with van der Waals surface area (Å²) in [6.45, 7) is 11.5. The minimum Gasteiger partial charge on any atom is -0.460 e. The van der Waals surface area contributed by atoms with Crippen molar-refractivity contribution in [2.24, 2.45) is 0 Å².